The normalized spacial score (nSPS) is 14.1. The van der Waals surface area contributed by atoms with Crippen LogP contribution < -0.4 is 18.9 Å². The molecule has 8 nitrogen and oxygen atoms in total. The van der Waals surface area contributed by atoms with Gasteiger partial charge in [0, 0.05) is 42.8 Å². The van der Waals surface area contributed by atoms with Gasteiger partial charge in [-0.1, -0.05) is 0 Å². The third-order valence-corrected chi connectivity index (χ3v) is 8.13. The first-order valence-corrected chi connectivity index (χ1v) is 14.9. The summed E-state index contributed by atoms with van der Waals surface area (Å²) in [5.41, 5.74) is 0.575. The Labute approximate surface area is 251 Å². The lowest BCUT2D eigenvalue weighted by molar-refractivity contribution is 0.0137. The van der Waals surface area contributed by atoms with Crippen molar-refractivity contribution in [2.45, 2.75) is 26.4 Å². The second kappa shape index (κ2) is 12.9. The molecule has 0 radical (unpaired) electrons. The molecule has 4 aromatic rings. The molecule has 1 saturated heterocycles. The van der Waals surface area contributed by atoms with Crippen molar-refractivity contribution in [1.82, 2.24) is 9.80 Å². The molecule has 0 N–H and O–H groups in total. The molecule has 1 amide bonds. The molecule has 1 aliphatic heterocycles. The third kappa shape index (κ3) is 7.27. The number of hydrogen-bond acceptors (Lipinski definition) is 8. The maximum absolute atomic E-state index is 12.3. The number of fused-ring (bicyclic) bond motifs is 1. The molecule has 1 aromatic heterocycles. The Kier molecular flexibility index (Phi) is 9.09. The molecule has 0 atom stereocenters. The van der Waals surface area contributed by atoms with Crippen LogP contribution in [0.5, 0.6) is 28.7 Å². The fourth-order valence-electron chi connectivity index (χ4n) is 4.71. The first-order valence-electron chi connectivity index (χ1n) is 14.1. The fraction of sp³-hybridized carbons (Fsp3) is 0.364. The standard InChI is InChI=1S/C33H38N2O6S/c1-33(2,3)41-32(36)35-18-16-34(17-19-35)20-21-39-25-10-12-26(13-11-25)40-30-28-15-14-27(38-5)22-29(28)42-31(30)23-6-8-24(37-4)9-7-23/h6-15,22H,16-21H2,1-5H3. The van der Waals surface area contributed by atoms with Gasteiger partial charge in [0.05, 0.1) is 19.1 Å². The summed E-state index contributed by atoms with van der Waals surface area (Å²) >= 11 is 1.67. The molecule has 5 rings (SSSR count). The predicted octanol–water partition coefficient (Wildman–Crippen LogP) is 7.31. The molecule has 2 heterocycles. The van der Waals surface area contributed by atoms with Gasteiger partial charge in [-0.15, -0.1) is 11.3 Å². The molecule has 222 valence electrons. The number of amides is 1. The van der Waals surface area contributed by atoms with E-state index < -0.39 is 5.60 Å². The number of piperazine rings is 1. The van der Waals surface area contributed by atoms with Crippen LogP contribution in [0.3, 0.4) is 0 Å². The first-order chi connectivity index (χ1) is 20.2. The molecule has 0 saturated carbocycles. The predicted molar refractivity (Wildman–Crippen MR) is 167 cm³/mol. The van der Waals surface area contributed by atoms with Crippen LogP contribution in [-0.2, 0) is 4.74 Å². The molecule has 3 aromatic carbocycles. The zero-order valence-electron chi connectivity index (χ0n) is 24.8. The average Bonchev–Trinajstić information content (AvgIpc) is 3.34. The monoisotopic (exact) mass is 590 g/mol. The number of thiophene rings is 1. The van der Waals surface area contributed by atoms with E-state index in [1.54, 1.807) is 30.5 Å². The summed E-state index contributed by atoms with van der Waals surface area (Å²) in [6, 6.07) is 21.7. The molecular formula is C33H38N2O6S. The Morgan fingerprint density at radius 2 is 1.43 bits per heavy atom. The Balaban J connectivity index is 1.20. The van der Waals surface area contributed by atoms with Crippen molar-refractivity contribution < 1.29 is 28.5 Å². The third-order valence-electron chi connectivity index (χ3n) is 6.95. The molecule has 1 aliphatic rings. The quantitative estimate of drug-likeness (QED) is 0.202. The Hall–Kier alpha value is -3.95. The van der Waals surface area contributed by atoms with Crippen LogP contribution in [0.15, 0.2) is 66.7 Å². The van der Waals surface area contributed by atoms with Crippen molar-refractivity contribution >= 4 is 27.5 Å². The number of hydrogen-bond donors (Lipinski definition) is 0. The van der Waals surface area contributed by atoms with Gasteiger partial charge in [0.2, 0.25) is 0 Å². The number of methoxy groups -OCH3 is 2. The van der Waals surface area contributed by atoms with Gasteiger partial charge in [0.25, 0.3) is 0 Å². The number of rotatable bonds is 9. The molecule has 42 heavy (non-hydrogen) atoms. The topological polar surface area (TPSA) is 69.7 Å². The summed E-state index contributed by atoms with van der Waals surface area (Å²) in [7, 11) is 3.34. The van der Waals surface area contributed by atoms with Gasteiger partial charge >= 0.3 is 6.09 Å². The number of carbonyl (C=O) groups excluding carboxylic acids is 1. The molecule has 1 fully saturated rings. The van der Waals surface area contributed by atoms with Crippen molar-refractivity contribution in [3.8, 4) is 39.2 Å². The SMILES string of the molecule is COc1ccc(-c2sc3cc(OC)ccc3c2Oc2ccc(OCCN3CCN(C(=O)OC(C)(C)C)CC3)cc2)cc1. The van der Waals surface area contributed by atoms with Crippen molar-refractivity contribution in [3.63, 3.8) is 0 Å². The Bertz CT molecular complexity index is 1490. The van der Waals surface area contributed by atoms with Crippen LogP contribution in [0, 0.1) is 0 Å². The summed E-state index contributed by atoms with van der Waals surface area (Å²) in [6.45, 7) is 9.92. The van der Waals surface area contributed by atoms with Crippen molar-refractivity contribution in [3.05, 3.63) is 66.7 Å². The lowest BCUT2D eigenvalue weighted by Gasteiger charge is -2.35. The fourth-order valence-corrected chi connectivity index (χ4v) is 5.87. The first kappa shape index (κ1) is 29.5. The van der Waals surface area contributed by atoms with Gasteiger partial charge < -0.3 is 28.6 Å². The van der Waals surface area contributed by atoms with Crippen LogP contribution in [0.25, 0.3) is 20.5 Å². The van der Waals surface area contributed by atoms with E-state index in [9.17, 15) is 4.79 Å². The molecule has 9 heteroatoms. The van der Waals surface area contributed by atoms with Gasteiger partial charge in [-0.2, -0.15) is 0 Å². The summed E-state index contributed by atoms with van der Waals surface area (Å²) in [6.07, 6.45) is -0.244. The highest BCUT2D eigenvalue weighted by molar-refractivity contribution is 7.22. The van der Waals surface area contributed by atoms with Gasteiger partial charge in [0.15, 0.2) is 5.75 Å². The summed E-state index contributed by atoms with van der Waals surface area (Å²) in [4.78, 5) is 17.4. The highest BCUT2D eigenvalue weighted by atomic mass is 32.1. The Morgan fingerprint density at radius 3 is 2.07 bits per heavy atom. The van der Waals surface area contributed by atoms with E-state index in [-0.39, 0.29) is 6.09 Å². The average molecular weight is 591 g/mol. The molecular weight excluding hydrogens is 552 g/mol. The summed E-state index contributed by atoms with van der Waals surface area (Å²) in [5, 5.41) is 1.03. The second-order valence-electron chi connectivity index (χ2n) is 11.1. The molecule has 0 unspecified atom stereocenters. The van der Waals surface area contributed by atoms with Crippen LogP contribution >= 0.6 is 11.3 Å². The van der Waals surface area contributed by atoms with E-state index in [4.69, 9.17) is 23.7 Å². The van der Waals surface area contributed by atoms with Crippen LogP contribution in [0.4, 0.5) is 4.79 Å². The van der Waals surface area contributed by atoms with Crippen LogP contribution in [0.2, 0.25) is 0 Å². The second-order valence-corrected chi connectivity index (χ2v) is 12.1. The van der Waals surface area contributed by atoms with E-state index in [1.807, 2.05) is 87.5 Å². The number of ether oxygens (including phenoxy) is 5. The number of benzene rings is 3. The van der Waals surface area contributed by atoms with Gasteiger partial charge in [-0.25, -0.2) is 4.79 Å². The van der Waals surface area contributed by atoms with Gasteiger partial charge in [0.1, 0.15) is 35.2 Å². The highest BCUT2D eigenvalue weighted by Crippen LogP contribution is 2.47. The minimum atomic E-state index is -0.479. The van der Waals surface area contributed by atoms with Crippen molar-refractivity contribution in [2.24, 2.45) is 0 Å². The largest absolute Gasteiger partial charge is 0.497 e. The minimum Gasteiger partial charge on any atom is -0.497 e. The molecule has 0 spiro atoms. The zero-order chi connectivity index (χ0) is 29.7. The zero-order valence-corrected chi connectivity index (χ0v) is 25.7. The van der Waals surface area contributed by atoms with Crippen molar-refractivity contribution in [2.75, 3.05) is 53.6 Å². The maximum Gasteiger partial charge on any atom is 0.410 e. The summed E-state index contributed by atoms with van der Waals surface area (Å²) < 4.78 is 29.9. The van der Waals surface area contributed by atoms with Gasteiger partial charge in [-0.05, 0) is 93.1 Å². The maximum atomic E-state index is 12.3. The minimum absolute atomic E-state index is 0.244. The van der Waals surface area contributed by atoms with E-state index in [2.05, 4.69) is 4.90 Å². The lowest BCUT2D eigenvalue weighted by Crippen LogP contribution is -2.50. The number of nitrogens with zero attached hydrogens (tertiary/aromatic N) is 2. The Morgan fingerprint density at radius 1 is 0.810 bits per heavy atom. The van der Waals surface area contributed by atoms with Gasteiger partial charge in [-0.3, -0.25) is 4.90 Å². The summed E-state index contributed by atoms with van der Waals surface area (Å²) in [5.74, 6) is 3.93. The highest BCUT2D eigenvalue weighted by Gasteiger charge is 2.25. The molecule has 0 aliphatic carbocycles. The molecule has 0 bridgehead atoms. The van der Waals surface area contributed by atoms with E-state index in [1.165, 1.54) is 0 Å². The number of carbonyl (C=O) groups is 1. The van der Waals surface area contributed by atoms with Crippen molar-refractivity contribution in [1.29, 1.82) is 0 Å². The van der Waals surface area contributed by atoms with E-state index in [0.29, 0.717) is 19.7 Å². The smallest absolute Gasteiger partial charge is 0.410 e. The van der Waals surface area contributed by atoms with Crippen LogP contribution in [0.1, 0.15) is 20.8 Å². The lowest BCUT2D eigenvalue weighted by atomic mass is 10.1. The van der Waals surface area contributed by atoms with Crippen LogP contribution in [-0.4, -0.2) is 75.0 Å². The van der Waals surface area contributed by atoms with E-state index >= 15 is 0 Å². The van der Waals surface area contributed by atoms with E-state index in [0.717, 1.165) is 68.9 Å².